The molecule has 4 rings (SSSR count). The van der Waals surface area contributed by atoms with Crippen LogP contribution in [-0.2, 0) is 19.5 Å². The number of pyridine rings is 1. The van der Waals surface area contributed by atoms with Crippen LogP contribution >= 0.6 is 0 Å². The van der Waals surface area contributed by atoms with Gasteiger partial charge in [0.15, 0.2) is 0 Å². The predicted molar refractivity (Wildman–Crippen MR) is 107 cm³/mol. The minimum absolute atomic E-state index is 0.570. The lowest BCUT2D eigenvalue weighted by molar-refractivity contribution is 0.240. The summed E-state index contributed by atoms with van der Waals surface area (Å²) in [4.78, 5) is 16.0. The number of benzene rings is 1. The molecule has 1 aromatic carbocycles. The molecule has 3 heterocycles. The Bertz CT molecular complexity index is 949. The maximum atomic E-state index is 5.43. The summed E-state index contributed by atoms with van der Waals surface area (Å²) in [6.45, 7) is 2.62. The molecule has 0 amide bonds. The number of hydrogen-bond acceptors (Lipinski definition) is 7. The van der Waals surface area contributed by atoms with Crippen LogP contribution in [0.4, 0.5) is 11.6 Å². The van der Waals surface area contributed by atoms with Crippen LogP contribution in [0.15, 0.2) is 48.8 Å². The predicted octanol–water partition coefficient (Wildman–Crippen LogP) is 3.19. The highest BCUT2D eigenvalue weighted by Crippen LogP contribution is 2.31. The van der Waals surface area contributed by atoms with E-state index >= 15 is 0 Å². The fraction of sp³-hybridized carbons (Fsp3) is 0.286. The summed E-state index contributed by atoms with van der Waals surface area (Å²) in [5.41, 5.74) is 4.13. The molecule has 144 valence electrons. The van der Waals surface area contributed by atoms with Crippen LogP contribution in [0.2, 0.25) is 0 Å². The zero-order valence-electron chi connectivity index (χ0n) is 16.1. The lowest BCUT2D eigenvalue weighted by Crippen LogP contribution is -2.31. The number of nitrogens with zero attached hydrogens (tertiary/aromatic N) is 4. The van der Waals surface area contributed by atoms with Gasteiger partial charge in [0.25, 0.3) is 0 Å². The standard InChI is InChI=1S/C21H23N5O2/c1-27-17-6-7-19(20(11-17)28-2)25-21-23-12-15-13-26(10-8-18(15)24-21)14-16-5-3-4-9-22-16/h3-7,9,11-12H,8,10,13-14H2,1-2H3,(H,23,24,25). The maximum absolute atomic E-state index is 5.43. The molecule has 0 unspecified atom stereocenters. The largest absolute Gasteiger partial charge is 0.497 e. The van der Waals surface area contributed by atoms with Crippen molar-refractivity contribution in [2.75, 3.05) is 26.1 Å². The fourth-order valence-electron chi connectivity index (χ4n) is 3.31. The van der Waals surface area contributed by atoms with Crippen molar-refractivity contribution in [1.29, 1.82) is 0 Å². The smallest absolute Gasteiger partial charge is 0.227 e. The zero-order valence-corrected chi connectivity index (χ0v) is 16.1. The minimum Gasteiger partial charge on any atom is -0.497 e. The van der Waals surface area contributed by atoms with E-state index in [0.29, 0.717) is 11.7 Å². The number of rotatable bonds is 6. The molecular formula is C21H23N5O2. The summed E-state index contributed by atoms with van der Waals surface area (Å²) in [6.07, 6.45) is 4.63. The van der Waals surface area contributed by atoms with Gasteiger partial charge in [-0.05, 0) is 24.3 Å². The van der Waals surface area contributed by atoms with Gasteiger partial charge in [-0.1, -0.05) is 6.07 Å². The molecule has 3 aromatic rings. The highest BCUT2D eigenvalue weighted by atomic mass is 16.5. The van der Waals surface area contributed by atoms with Gasteiger partial charge in [0.05, 0.1) is 31.3 Å². The number of nitrogens with one attached hydrogen (secondary N) is 1. The van der Waals surface area contributed by atoms with Crippen molar-refractivity contribution >= 4 is 11.6 Å². The summed E-state index contributed by atoms with van der Waals surface area (Å²) >= 11 is 0. The lowest BCUT2D eigenvalue weighted by atomic mass is 10.1. The molecule has 0 saturated heterocycles. The third-order valence-electron chi connectivity index (χ3n) is 4.78. The van der Waals surface area contributed by atoms with Crippen molar-refractivity contribution < 1.29 is 9.47 Å². The van der Waals surface area contributed by atoms with Gasteiger partial charge in [0, 0.05) is 50.1 Å². The highest BCUT2D eigenvalue weighted by Gasteiger charge is 2.19. The Kier molecular flexibility index (Phi) is 5.34. The highest BCUT2D eigenvalue weighted by molar-refractivity contribution is 5.64. The van der Waals surface area contributed by atoms with Crippen molar-refractivity contribution in [3.63, 3.8) is 0 Å². The molecule has 1 N–H and O–H groups in total. The Labute approximate surface area is 164 Å². The third kappa shape index (κ3) is 4.04. The molecule has 7 nitrogen and oxygen atoms in total. The minimum atomic E-state index is 0.570. The number of methoxy groups -OCH3 is 2. The summed E-state index contributed by atoms with van der Waals surface area (Å²) < 4.78 is 10.7. The number of anilines is 2. The van der Waals surface area contributed by atoms with Crippen molar-refractivity contribution in [2.24, 2.45) is 0 Å². The number of fused-ring (bicyclic) bond motifs is 1. The number of ether oxygens (including phenoxy) is 2. The molecule has 7 heteroatoms. The molecule has 0 fully saturated rings. The topological polar surface area (TPSA) is 72.4 Å². The lowest BCUT2D eigenvalue weighted by Gasteiger charge is -2.27. The molecule has 0 bridgehead atoms. The first-order valence-electron chi connectivity index (χ1n) is 9.21. The SMILES string of the molecule is COc1ccc(Nc2ncc3c(n2)CCN(Cc2ccccn2)C3)c(OC)c1. The third-order valence-corrected chi connectivity index (χ3v) is 4.78. The first-order valence-corrected chi connectivity index (χ1v) is 9.21. The van der Waals surface area contributed by atoms with Crippen LogP contribution in [0.1, 0.15) is 17.0 Å². The summed E-state index contributed by atoms with van der Waals surface area (Å²) in [7, 11) is 3.26. The van der Waals surface area contributed by atoms with Crippen molar-refractivity contribution in [3.8, 4) is 11.5 Å². The molecule has 0 atom stereocenters. The second-order valence-electron chi connectivity index (χ2n) is 6.64. The van der Waals surface area contributed by atoms with Gasteiger partial charge in [-0.2, -0.15) is 0 Å². The van der Waals surface area contributed by atoms with E-state index in [2.05, 4.69) is 26.3 Å². The Hall–Kier alpha value is -3.19. The van der Waals surface area contributed by atoms with E-state index in [1.165, 1.54) is 0 Å². The van der Waals surface area contributed by atoms with Gasteiger partial charge in [-0.3, -0.25) is 9.88 Å². The average molecular weight is 377 g/mol. The first-order chi connectivity index (χ1) is 13.7. The van der Waals surface area contributed by atoms with Crippen molar-refractivity contribution in [1.82, 2.24) is 19.9 Å². The van der Waals surface area contributed by atoms with E-state index in [9.17, 15) is 0 Å². The number of hydrogen-bond donors (Lipinski definition) is 1. The molecule has 0 saturated carbocycles. The molecule has 0 radical (unpaired) electrons. The Balaban J connectivity index is 1.47. The molecule has 0 aliphatic carbocycles. The Morgan fingerprint density at radius 3 is 2.82 bits per heavy atom. The second-order valence-corrected chi connectivity index (χ2v) is 6.64. The van der Waals surface area contributed by atoms with E-state index < -0.39 is 0 Å². The van der Waals surface area contributed by atoms with Gasteiger partial charge in [0.2, 0.25) is 5.95 Å². The first kappa shape index (κ1) is 18.2. The van der Waals surface area contributed by atoms with Crippen molar-refractivity contribution in [3.05, 3.63) is 65.7 Å². The van der Waals surface area contributed by atoms with E-state index in [-0.39, 0.29) is 0 Å². The van der Waals surface area contributed by atoms with E-state index in [1.807, 2.05) is 42.7 Å². The van der Waals surface area contributed by atoms with Crippen LogP contribution < -0.4 is 14.8 Å². The normalized spacial score (nSPS) is 13.6. The number of aromatic nitrogens is 3. The summed E-state index contributed by atoms with van der Waals surface area (Å²) in [5, 5.41) is 3.25. The molecular weight excluding hydrogens is 354 g/mol. The fourth-order valence-corrected chi connectivity index (χ4v) is 3.31. The Morgan fingerprint density at radius 2 is 2.04 bits per heavy atom. The van der Waals surface area contributed by atoms with Crippen LogP contribution in [0.5, 0.6) is 11.5 Å². The molecule has 0 spiro atoms. The molecule has 2 aromatic heterocycles. The van der Waals surface area contributed by atoms with Gasteiger partial charge in [-0.15, -0.1) is 0 Å². The molecule has 1 aliphatic rings. The average Bonchev–Trinajstić information content (AvgIpc) is 2.75. The zero-order chi connectivity index (χ0) is 19.3. The summed E-state index contributed by atoms with van der Waals surface area (Å²) in [6, 6.07) is 11.6. The van der Waals surface area contributed by atoms with Gasteiger partial charge in [-0.25, -0.2) is 9.97 Å². The maximum Gasteiger partial charge on any atom is 0.227 e. The van der Waals surface area contributed by atoms with Gasteiger partial charge < -0.3 is 14.8 Å². The van der Waals surface area contributed by atoms with Crippen LogP contribution in [0.3, 0.4) is 0 Å². The Morgan fingerprint density at radius 1 is 1.11 bits per heavy atom. The second kappa shape index (κ2) is 8.22. The van der Waals surface area contributed by atoms with Crippen LogP contribution in [0.25, 0.3) is 0 Å². The quantitative estimate of drug-likeness (QED) is 0.707. The van der Waals surface area contributed by atoms with E-state index in [4.69, 9.17) is 14.5 Å². The van der Waals surface area contributed by atoms with Crippen LogP contribution in [0, 0.1) is 0 Å². The molecule has 1 aliphatic heterocycles. The van der Waals surface area contributed by atoms with Crippen molar-refractivity contribution in [2.45, 2.75) is 19.5 Å². The van der Waals surface area contributed by atoms with E-state index in [0.717, 1.165) is 54.4 Å². The van der Waals surface area contributed by atoms with Crippen LogP contribution in [-0.4, -0.2) is 40.6 Å². The molecule has 28 heavy (non-hydrogen) atoms. The van der Waals surface area contributed by atoms with Gasteiger partial charge >= 0.3 is 0 Å². The monoisotopic (exact) mass is 377 g/mol. The van der Waals surface area contributed by atoms with Gasteiger partial charge in [0.1, 0.15) is 11.5 Å². The summed E-state index contributed by atoms with van der Waals surface area (Å²) in [5.74, 6) is 1.99. The van der Waals surface area contributed by atoms with E-state index in [1.54, 1.807) is 14.2 Å².